The second kappa shape index (κ2) is 38.4. The fourth-order valence-corrected chi connectivity index (χ4v) is 25.5. The van der Waals surface area contributed by atoms with Gasteiger partial charge >= 0.3 is 0 Å². The third kappa shape index (κ3) is 17.1. The number of aromatic nitrogens is 6. The summed E-state index contributed by atoms with van der Waals surface area (Å²) in [6.07, 6.45) is 5.48. The molecule has 3 heterocycles. The molecule has 15 heteroatoms. The molecule has 0 aliphatic carbocycles. The molecule has 3 aromatic heterocycles. The van der Waals surface area contributed by atoms with E-state index >= 15 is 0 Å². The minimum absolute atomic E-state index is 0.641. The number of para-hydroxylation sites is 10. The Morgan fingerprint density at radius 2 is 0.433 bits per heavy atom. The fourth-order valence-electron chi connectivity index (χ4n) is 22.0. The molecule has 0 atom stereocenters. The summed E-state index contributed by atoms with van der Waals surface area (Å²) in [4.78, 5) is 43.3. The molecule has 0 N–H and O–H groups in total. The number of rotatable bonds is 21. The van der Waals surface area contributed by atoms with Crippen molar-refractivity contribution in [2.75, 3.05) is 29.4 Å². The summed E-state index contributed by atoms with van der Waals surface area (Å²) in [7, 11) is -4.34. The summed E-state index contributed by atoms with van der Waals surface area (Å²) in [5.41, 5.74) is 20.2. The average Bonchev–Trinajstić information content (AvgIpc) is 0.724. The summed E-state index contributed by atoms with van der Waals surface area (Å²) in [6, 6.07) is 170. The maximum absolute atomic E-state index is 5.12. The van der Waals surface area contributed by atoms with Gasteiger partial charge in [-0.2, -0.15) is 0 Å². The lowest BCUT2D eigenvalue weighted by Gasteiger charge is -2.29. The van der Waals surface area contributed by atoms with E-state index in [0.717, 1.165) is 135 Å². The van der Waals surface area contributed by atoms with E-state index < -0.39 is 24.2 Å². The van der Waals surface area contributed by atoms with Crippen LogP contribution in [0.2, 0.25) is 58.9 Å². The Morgan fingerprint density at radius 1 is 0.167 bits per heavy atom. The van der Waals surface area contributed by atoms with Gasteiger partial charge in [0.1, 0.15) is 12.1 Å². The minimum Gasteiger partial charge on any atom is -0.310 e. The van der Waals surface area contributed by atoms with Crippen molar-refractivity contribution in [1.29, 1.82) is 0 Å². The van der Waals surface area contributed by atoms with Crippen LogP contribution >= 0.6 is 0 Å². The van der Waals surface area contributed by atoms with Gasteiger partial charge in [-0.15, -0.1) is 0 Å². The van der Waals surface area contributed by atoms with Crippen LogP contribution in [0, 0.1) is 0 Å². The highest BCUT2D eigenvalue weighted by Gasteiger charge is 2.31. The van der Waals surface area contributed by atoms with Crippen LogP contribution in [-0.2, 0) is 0 Å². The normalized spacial score (nSPS) is 11.9. The minimum atomic E-state index is -1.45. The third-order valence-electron chi connectivity index (χ3n) is 29.4. The molecule has 0 saturated heterocycles. The van der Waals surface area contributed by atoms with Gasteiger partial charge in [-0.1, -0.05) is 372 Å². The Morgan fingerprint density at radius 3 is 0.787 bits per heavy atom. The molecule has 0 radical (unpaired) electrons. The van der Waals surface area contributed by atoms with Gasteiger partial charge in [-0.25, -0.2) is 24.9 Å². The van der Waals surface area contributed by atoms with Gasteiger partial charge in [0.2, 0.25) is 5.95 Å². The lowest BCUT2D eigenvalue weighted by Crippen LogP contribution is -2.37. The molecule has 27 rings (SSSR count). The highest BCUT2D eigenvalue weighted by Crippen LogP contribution is 2.54. The predicted octanol–water partition coefficient (Wildman–Crippen LogP) is 36.0. The first kappa shape index (κ1) is 93.0. The maximum atomic E-state index is 5.12. The van der Waals surface area contributed by atoms with Gasteiger partial charge in [0, 0.05) is 100 Å². The van der Waals surface area contributed by atoms with Crippen LogP contribution in [-0.4, -0.2) is 54.1 Å². The van der Waals surface area contributed by atoms with Gasteiger partial charge in [-0.3, -0.25) is 19.7 Å². The molecule has 0 spiro atoms. The molecule has 12 nitrogen and oxygen atoms in total. The molecule has 27 aromatic rings. The predicted molar refractivity (Wildman–Crippen MR) is 647 cm³/mol. The van der Waals surface area contributed by atoms with Crippen LogP contribution in [0.5, 0.6) is 0 Å². The Labute approximate surface area is 876 Å². The molecule has 24 aromatic carbocycles. The van der Waals surface area contributed by atoms with Crippen molar-refractivity contribution in [2.24, 2.45) is 0 Å². The highest BCUT2D eigenvalue weighted by molar-refractivity contribution is 6.89. The zero-order valence-corrected chi connectivity index (χ0v) is 88.1. The lowest BCUT2D eigenvalue weighted by molar-refractivity contribution is 1.11. The maximum Gasteiger partial charge on any atom is 0.235 e. The smallest absolute Gasteiger partial charge is 0.235 e. The fraction of sp³-hybridized carbons (Fsp3) is 0.0667. The van der Waals surface area contributed by atoms with Crippen LogP contribution in [0.4, 0.5) is 103 Å². The molecule has 0 aliphatic heterocycles. The Hall–Kier alpha value is -18.1. The van der Waals surface area contributed by atoms with E-state index in [1.807, 2.05) is 73.1 Å². The van der Waals surface area contributed by atoms with Crippen molar-refractivity contribution in [1.82, 2.24) is 29.9 Å². The number of nitrogens with zero attached hydrogens (tertiary/aromatic N) is 12. The quantitative estimate of drug-likeness (QED) is 0.0506. The lowest BCUT2D eigenvalue weighted by atomic mass is 9.91. The first-order valence-electron chi connectivity index (χ1n) is 51.5. The van der Waals surface area contributed by atoms with E-state index in [4.69, 9.17) is 24.9 Å². The molecule has 0 amide bonds. The number of benzene rings is 24. The van der Waals surface area contributed by atoms with Crippen LogP contribution in [0.1, 0.15) is 0 Å². The summed E-state index contributed by atoms with van der Waals surface area (Å²) >= 11 is 0. The van der Waals surface area contributed by atoms with E-state index in [1.165, 1.54) is 107 Å². The number of fused-ring (bicyclic) bond motifs is 3. The Bertz CT molecular complexity index is 9280. The average molecular weight is 1980 g/mol. The zero-order chi connectivity index (χ0) is 101. The number of hydrogen-bond donors (Lipinski definition) is 0. The van der Waals surface area contributed by atoms with Gasteiger partial charge in [0.15, 0.2) is 5.82 Å². The van der Waals surface area contributed by atoms with Gasteiger partial charge in [0.25, 0.3) is 0 Å². The van der Waals surface area contributed by atoms with Gasteiger partial charge in [-0.05, 0) is 241 Å². The number of anilines is 18. The summed E-state index contributed by atoms with van der Waals surface area (Å²) < 4.78 is 0. The van der Waals surface area contributed by atoms with Crippen molar-refractivity contribution in [3.8, 4) is 0 Å². The largest absolute Gasteiger partial charge is 0.310 e. The molecular weight excluding hydrogens is 1870 g/mol. The van der Waals surface area contributed by atoms with E-state index in [2.05, 4.69) is 506 Å². The first-order chi connectivity index (χ1) is 73.3. The van der Waals surface area contributed by atoms with Crippen molar-refractivity contribution < 1.29 is 0 Å². The SMILES string of the molecule is C[Si](C)(C)c1ccc(N(c2ccccc2)c2ccc3ccc4c(N(c5ccccc5)c5cnc6ccccc6n5)ccc5ccc2c3c54)cc1.C[Si](C)(C)c1ccc(N(c2ccccc2)c2ccc3ccc4c(N(c5ccccc5)c5ncc6ccccc6n5)ccc5ccc2c3c54)cc1.C[Si](C)(C)c1ccc(N(c2ccccc2)c2ccc3ccc4c(N(c5ccccc5)c5ncnc6ccccc56)ccc5ccc2c3c54)cc1. The van der Waals surface area contributed by atoms with Crippen LogP contribution in [0.25, 0.3) is 130 Å². The van der Waals surface area contributed by atoms with Gasteiger partial charge in [0.05, 0.1) is 86.6 Å². The number of hydrogen-bond acceptors (Lipinski definition) is 12. The van der Waals surface area contributed by atoms with Crippen molar-refractivity contribution in [2.45, 2.75) is 58.9 Å². The van der Waals surface area contributed by atoms with E-state index in [1.54, 1.807) is 6.33 Å². The molecule has 720 valence electrons. The monoisotopic (exact) mass is 1980 g/mol. The Kier molecular flexibility index (Phi) is 23.8. The molecule has 0 unspecified atom stereocenters. The standard InChI is InChI=1S/3C45H36N4Si/c1-50(2,3)37-24-22-36(23-25-37)48(34-13-6-4-7-14-34)41-28-20-31-19-27-39-42(29-21-32-18-26-38(41)43(31)44(32)39)49(35-15-8-5-9-16-35)45-46-30-33-12-10-11-17-40(33)47-45;1-50(2,3)36-24-22-35(23-25-36)48(33-12-6-4-7-13-33)41-28-20-31-19-27-38-42(29-21-32-18-26-37(41)44(31)45(32)38)49(34-14-8-5-9-15-34)43-30-46-39-16-10-11-17-40(39)47-43;1-50(2,3)36-24-22-35(23-25-36)48(33-12-6-4-7-13-33)41-28-20-31-19-27-39-42(29-21-32-18-26-38(41)43(31)44(32)39)49(34-14-8-5-9-15-34)45-37-16-10-11-17-40(37)46-30-47-45/h3*4-30H,1-3H3. The van der Waals surface area contributed by atoms with Crippen molar-refractivity contribution in [3.05, 3.63) is 492 Å². The Balaban J connectivity index is 0.000000116. The zero-order valence-electron chi connectivity index (χ0n) is 85.1. The summed E-state index contributed by atoms with van der Waals surface area (Å²) in [6.45, 7) is 21.6. The van der Waals surface area contributed by atoms with Crippen molar-refractivity contribution >= 4 is 272 Å². The molecule has 0 bridgehead atoms. The molecule has 0 saturated carbocycles. The van der Waals surface area contributed by atoms with Gasteiger partial charge < -0.3 is 14.7 Å². The second-order valence-corrected chi connectivity index (χ2v) is 57.1. The van der Waals surface area contributed by atoms with E-state index in [9.17, 15) is 0 Å². The summed E-state index contributed by atoms with van der Waals surface area (Å²) in [5, 5.41) is 28.3. The topological polar surface area (TPSA) is 96.8 Å². The summed E-state index contributed by atoms with van der Waals surface area (Å²) in [5.74, 6) is 2.28. The van der Waals surface area contributed by atoms with E-state index in [-0.39, 0.29) is 0 Å². The van der Waals surface area contributed by atoms with Crippen LogP contribution in [0.15, 0.2) is 492 Å². The van der Waals surface area contributed by atoms with Crippen LogP contribution in [0.3, 0.4) is 0 Å². The molecule has 0 fully saturated rings. The van der Waals surface area contributed by atoms with Crippen LogP contribution < -0.4 is 45.0 Å². The van der Waals surface area contributed by atoms with E-state index in [0.29, 0.717) is 5.95 Å². The highest BCUT2D eigenvalue weighted by atomic mass is 28.3. The third-order valence-corrected chi connectivity index (χ3v) is 35.6. The molecule has 150 heavy (non-hydrogen) atoms. The first-order valence-corrected chi connectivity index (χ1v) is 62.0. The van der Waals surface area contributed by atoms with Crippen molar-refractivity contribution in [3.63, 3.8) is 0 Å². The second-order valence-electron chi connectivity index (χ2n) is 41.9. The molecule has 0 aliphatic rings. The molecular formula is C135H108N12Si3.